The third-order valence-electron chi connectivity index (χ3n) is 3.37. The van der Waals surface area contributed by atoms with Gasteiger partial charge in [-0.05, 0) is 43.7 Å². The van der Waals surface area contributed by atoms with Crippen LogP contribution < -0.4 is 14.8 Å². The number of carbonyl (C=O) groups excluding carboxylic acids is 1. The van der Waals surface area contributed by atoms with Crippen LogP contribution in [0.1, 0.15) is 35.8 Å². The SMILES string of the molecule is CCOc1ccccc1C(=O)N[C@H](C)c1cccc(OC)c1. The van der Waals surface area contributed by atoms with E-state index in [1.165, 1.54) is 0 Å². The Balaban J connectivity index is 2.14. The van der Waals surface area contributed by atoms with Gasteiger partial charge in [0.15, 0.2) is 0 Å². The normalized spacial score (nSPS) is 11.6. The first-order chi connectivity index (χ1) is 10.7. The lowest BCUT2D eigenvalue weighted by Crippen LogP contribution is -2.27. The predicted octanol–water partition coefficient (Wildman–Crippen LogP) is 3.58. The van der Waals surface area contributed by atoms with Crippen LogP contribution in [0.25, 0.3) is 0 Å². The van der Waals surface area contributed by atoms with E-state index in [2.05, 4.69) is 5.32 Å². The second-order valence-electron chi connectivity index (χ2n) is 4.90. The first-order valence-corrected chi connectivity index (χ1v) is 7.32. The molecule has 2 rings (SSSR count). The molecule has 2 aromatic rings. The van der Waals surface area contributed by atoms with Crippen molar-refractivity contribution in [2.75, 3.05) is 13.7 Å². The number of hydrogen-bond acceptors (Lipinski definition) is 3. The van der Waals surface area contributed by atoms with Gasteiger partial charge in [-0.15, -0.1) is 0 Å². The van der Waals surface area contributed by atoms with Crippen molar-refractivity contribution in [3.8, 4) is 11.5 Å². The van der Waals surface area contributed by atoms with Crippen molar-refractivity contribution in [1.29, 1.82) is 0 Å². The smallest absolute Gasteiger partial charge is 0.255 e. The molecule has 1 atom stereocenters. The molecule has 0 fully saturated rings. The summed E-state index contributed by atoms with van der Waals surface area (Å²) in [5.74, 6) is 1.22. The third-order valence-corrected chi connectivity index (χ3v) is 3.37. The minimum absolute atomic E-state index is 0.128. The Morgan fingerprint density at radius 2 is 1.95 bits per heavy atom. The Bertz CT molecular complexity index is 640. The van der Waals surface area contributed by atoms with E-state index in [1.54, 1.807) is 19.2 Å². The summed E-state index contributed by atoms with van der Waals surface area (Å²) < 4.78 is 10.7. The van der Waals surface area contributed by atoms with Gasteiger partial charge in [0.1, 0.15) is 11.5 Å². The molecule has 2 aromatic carbocycles. The molecule has 0 saturated heterocycles. The molecule has 1 N–H and O–H groups in total. The number of amides is 1. The maximum Gasteiger partial charge on any atom is 0.255 e. The van der Waals surface area contributed by atoms with Crippen molar-refractivity contribution < 1.29 is 14.3 Å². The average Bonchev–Trinajstić information content (AvgIpc) is 2.55. The molecule has 0 radical (unpaired) electrons. The minimum atomic E-state index is -0.153. The molecule has 4 heteroatoms. The number of para-hydroxylation sites is 1. The summed E-state index contributed by atoms with van der Waals surface area (Å²) in [6.07, 6.45) is 0. The van der Waals surface area contributed by atoms with Crippen molar-refractivity contribution in [1.82, 2.24) is 5.32 Å². The molecule has 1 amide bonds. The highest BCUT2D eigenvalue weighted by Gasteiger charge is 2.15. The summed E-state index contributed by atoms with van der Waals surface area (Å²) in [6.45, 7) is 4.36. The van der Waals surface area contributed by atoms with Crippen LogP contribution in [0.15, 0.2) is 48.5 Å². The van der Waals surface area contributed by atoms with Crippen molar-refractivity contribution >= 4 is 5.91 Å². The lowest BCUT2D eigenvalue weighted by Gasteiger charge is -2.16. The zero-order valence-corrected chi connectivity index (χ0v) is 13.1. The van der Waals surface area contributed by atoms with Crippen LogP contribution >= 0.6 is 0 Å². The van der Waals surface area contributed by atoms with E-state index in [0.717, 1.165) is 11.3 Å². The summed E-state index contributed by atoms with van der Waals surface area (Å²) in [5.41, 5.74) is 1.53. The fourth-order valence-corrected chi connectivity index (χ4v) is 2.20. The Kier molecular flexibility index (Phi) is 5.42. The first-order valence-electron chi connectivity index (χ1n) is 7.32. The molecule has 0 bridgehead atoms. The zero-order valence-electron chi connectivity index (χ0n) is 13.1. The third kappa shape index (κ3) is 3.79. The zero-order chi connectivity index (χ0) is 15.9. The highest BCUT2D eigenvalue weighted by atomic mass is 16.5. The van der Waals surface area contributed by atoms with Crippen LogP contribution in [0.5, 0.6) is 11.5 Å². The fraction of sp³-hybridized carbons (Fsp3) is 0.278. The van der Waals surface area contributed by atoms with Crippen molar-refractivity contribution in [3.05, 3.63) is 59.7 Å². The Labute approximate surface area is 131 Å². The lowest BCUT2D eigenvalue weighted by atomic mass is 10.1. The molecule has 0 heterocycles. The molecule has 0 saturated carbocycles. The summed E-state index contributed by atoms with van der Waals surface area (Å²) in [7, 11) is 1.63. The largest absolute Gasteiger partial charge is 0.497 e. The molecule has 0 unspecified atom stereocenters. The first kappa shape index (κ1) is 15.9. The number of benzene rings is 2. The van der Waals surface area contributed by atoms with Gasteiger partial charge < -0.3 is 14.8 Å². The van der Waals surface area contributed by atoms with E-state index in [-0.39, 0.29) is 11.9 Å². The molecule has 0 aromatic heterocycles. The van der Waals surface area contributed by atoms with Crippen molar-refractivity contribution in [2.24, 2.45) is 0 Å². The number of carbonyl (C=O) groups is 1. The summed E-state index contributed by atoms with van der Waals surface area (Å²) in [5, 5.41) is 2.99. The number of rotatable bonds is 6. The fourth-order valence-electron chi connectivity index (χ4n) is 2.20. The van der Waals surface area contributed by atoms with Crippen LogP contribution in [0.3, 0.4) is 0 Å². The summed E-state index contributed by atoms with van der Waals surface area (Å²) >= 11 is 0. The lowest BCUT2D eigenvalue weighted by molar-refractivity contribution is 0.0936. The topological polar surface area (TPSA) is 47.6 Å². The maximum atomic E-state index is 12.5. The average molecular weight is 299 g/mol. The highest BCUT2D eigenvalue weighted by Crippen LogP contribution is 2.21. The molecule has 22 heavy (non-hydrogen) atoms. The van der Waals surface area contributed by atoms with Crippen LogP contribution in [-0.4, -0.2) is 19.6 Å². The van der Waals surface area contributed by atoms with E-state index in [0.29, 0.717) is 17.9 Å². The van der Waals surface area contributed by atoms with Crippen LogP contribution in [-0.2, 0) is 0 Å². The van der Waals surface area contributed by atoms with Crippen LogP contribution in [0.2, 0.25) is 0 Å². The molecule has 116 valence electrons. The number of nitrogens with one attached hydrogen (secondary N) is 1. The Morgan fingerprint density at radius 3 is 2.68 bits per heavy atom. The molecule has 0 aliphatic rings. The second kappa shape index (κ2) is 7.50. The molecular formula is C18H21NO3. The van der Waals surface area contributed by atoms with Crippen molar-refractivity contribution in [3.63, 3.8) is 0 Å². The highest BCUT2D eigenvalue weighted by molar-refractivity contribution is 5.97. The van der Waals surface area contributed by atoms with Crippen molar-refractivity contribution in [2.45, 2.75) is 19.9 Å². The van der Waals surface area contributed by atoms with Gasteiger partial charge in [-0.3, -0.25) is 4.79 Å². The standard InChI is InChI=1S/C18H21NO3/c1-4-22-17-11-6-5-10-16(17)18(20)19-13(2)14-8-7-9-15(12-14)21-3/h5-13H,4H2,1-3H3,(H,19,20)/t13-/m1/s1. The van der Waals surface area contributed by atoms with E-state index < -0.39 is 0 Å². The predicted molar refractivity (Wildman–Crippen MR) is 86.5 cm³/mol. The van der Waals surface area contributed by atoms with Gasteiger partial charge in [0.2, 0.25) is 0 Å². The summed E-state index contributed by atoms with van der Waals surface area (Å²) in [6, 6.07) is 14.8. The number of methoxy groups -OCH3 is 1. The van der Waals surface area contributed by atoms with E-state index in [9.17, 15) is 4.79 Å². The Hall–Kier alpha value is -2.49. The van der Waals surface area contributed by atoms with Gasteiger partial charge in [0.05, 0.1) is 25.3 Å². The maximum absolute atomic E-state index is 12.5. The number of hydrogen-bond donors (Lipinski definition) is 1. The van der Waals surface area contributed by atoms with E-state index >= 15 is 0 Å². The van der Waals surface area contributed by atoms with Gasteiger partial charge in [0, 0.05) is 0 Å². The van der Waals surface area contributed by atoms with Gasteiger partial charge in [0.25, 0.3) is 5.91 Å². The number of ether oxygens (including phenoxy) is 2. The van der Waals surface area contributed by atoms with Gasteiger partial charge in [-0.2, -0.15) is 0 Å². The molecule has 0 aliphatic carbocycles. The minimum Gasteiger partial charge on any atom is -0.497 e. The second-order valence-corrected chi connectivity index (χ2v) is 4.90. The van der Waals surface area contributed by atoms with Gasteiger partial charge in [-0.25, -0.2) is 0 Å². The molecule has 4 nitrogen and oxygen atoms in total. The van der Waals surface area contributed by atoms with E-state index in [1.807, 2.05) is 50.2 Å². The molecule has 0 aliphatic heterocycles. The molecule has 0 spiro atoms. The van der Waals surface area contributed by atoms with E-state index in [4.69, 9.17) is 9.47 Å². The van der Waals surface area contributed by atoms with Crippen LogP contribution in [0, 0.1) is 0 Å². The van der Waals surface area contributed by atoms with Crippen LogP contribution in [0.4, 0.5) is 0 Å². The summed E-state index contributed by atoms with van der Waals surface area (Å²) in [4.78, 5) is 12.5. The monoisotopic (exact) mass is 299 g/mol. The van der Waals surface area contributed by atoms with Gasteiger partial charge >= 0.3 is 0 Å². The Morgan fingerprint density at radius 1 is 1.18 bits per heavy atom. The van der Waals surface area contributed by atoms with Gasteiger partial charge in [-0.1, -0.05) is 24.3 Å². The molecular weight excluding hydrogens is 278 g/mol. The quantitative estimate of drug-likeness (QED) is 0.887.